The molecule has 5 heteroatoms. The van der Waals surface area contributed by atoms with Crippen molar-refractivity contribution in [1.29, 1.82) is 0 Å². The van der Waals surface area contributed by atoms with Crippen molar-refractivity contribution >= 4 is 10.0 Å². The second-order valence-corrected chi connectivity index (χ2v) is 7.34. The van der Waals surface area contributed by atoms with Gasteiger partial charge >= 0.3 is 0 Å². The predicted octanol–water partition coefficient (Wildman–Crippen LogP) is 1.69. The third kappa shape index (κ3) is 5.16. The van der Waals surface area contributed by atoms with Crippen molar-refractivity contribution in [2.24, 2.45) is 5.41 Å². The van der Waals surface area contributed by atoms with E-state index in [0.717, 1.165) is 5.56 Å². The van der Waals surface area contributed by atoms with Gasteiger partial charge in [0.25, 0.3) is 0 Å². The highest BCUT2D eigenvalue weighted by atomic mass is 32.2. The Bertz CT molecular complexity index is 463. The van der Waals surface area contributed by atoms with Crippen LogP contribution < -0.4 is 4.72 Å². The molecule has 0 fully saturated rings. The fourth-order valence-corrected chi connectivity index (χ4v) is 3.59. The minimum Gasteiger partial charge on any atom is -0.394 e. The zero-order chi connectivity index (χ0) is 13.8. The Hall–Kier alpha value is -0.910. The van der Waals surface area contributed by atoms with Gasteiger partial charge in [0, 0.05) is 0 Å². The second kappa shape index (κ2) is 5.82. The molecule has 4 nitrogen and oxygen atoms in total. The zero-order valence-electron chi connectivity index (χ0n) is 11.1. The summed E-state index contributed by atoms with van der Waals surface area (Å²) in [5, 5.41) is 9.31. The molecule has 2 N–H and O–H groups in total. The molecule has 1 atom stereocenters. The molecule has 0 spiro atoms. The number of rotatable bonds is 5. The predicted molar refractivity (Wildman–Crippen MR) is 72.6 cm³/mol. The molecule has 0 heterocycles. The first-order valence-corrected chi connectivity index (χ1v) is 7.54. The lowest BCUT2D eigenvalue weighted by molar-refractivity contribution is 0.258. The Morgan fingerprint density at radius 3 is 2.22 bits per heavy atom. The first-order valence-electron chi connectivity index (χ1n) is 5.89. The number of benzene rings is 1. The highest BCUT2D eigenvalue weighted by molar-refractivity contribution is 7.89. The molecule has 0 aliphatic heterocycles. The van der Waals surface area contributed by atoms with Gasteiger partial charge in [-0.3, -0.25) is 0 Å². The van der Waals surface area contributed by atoms with Crippen LogP contribution in [0, 0.1) is 5.41 Å². The normalized spacial score (nSPS) is 14.4. The minimum atomic E-state index is -3.41. The van der Waals surface area contributed by atoms with Gasteiger partial charge in [-0.1, -0.05) is 51.1 Å². The molecule has 0 unspecified atom stereocenters. The molecule has 0 radical (unpaired) electrons. The van der Waals surface area contributed by atoms with Gasteiger partial charge in [-0.05, 0) is 11.0 Å². The Labute approximate surface area is 109 Å². The zero-order valence-corrected chi connectivity index (χ0v) is 11.9. The second-order valence-electron chi connectivity index (χ2n) is 5.58. The largest absolute Gasteiger partial charge is 0.394 e. The van der Waals surface area contributed by atoms with Crippen molar-refractivity contribution in [2.75, 3.05) is 12.4 Å². The van der Waals surface area contributed by atoms with Crippen molar-refractivity contribution < 1.29 is 13.5 Å². The number of aliphatic hydroxyl groups is 1. The van der Waals surface area contributed by atoms with Gasteiger partial charge in [0.05, 0.1) is 18.4 Å². The van der Waals surface area contributed by atoms with Gasteiger partial charge in [-0.2, -0.15) is 0 Å². The molecule has 0 amide bonds. The fraction of sp³-hybridized carbons (Fsp3) is 0.538. The number of hydrogen-bond donors (Lipinski definition) is 2. The van der Waals surface area contributed by atoms with Crippen molar-refractivity contribution in [1.82, 2.24) is 4.72 Å². The maximum absolute atomic E-state index is 12.0. The summed E-state index contributed by atoms with van der Waals surface area (Å²) in [4.78, 5) is 0. The Morgan fingerprint density at radius 1 is 1.22 bits per heavy atom. The highest BCUT2D eigenvalue weighted by Gasteiger charge is 2.24. The van der Waals surface area contributed by atoms with E-state index in [-0.39, 0.29) is 17.8 Å². The van der Waals surface area contributed by atoms with Crippen LogP contribution in [-0.2, 0) is 10.0 Å². The van der Waals surface area contributed by atoms with E-state index in [1.54, 1.807) is 12.1 Å². The van der Waals surface area contributed by atoms with Crippen molar-refractivity contribution in [2.45, 2.75) is 26.8 Å². The summed E-state index contributed by atoms with van der Waals surface area (Å²) >= 11 is 0. The first kappa shape index (κ1) is 15.1. The quantitative estimate of drug-likeness (QED) is 0.856. The van der Waals surface area contributed by atoms with E-state index in [1.807, 2.05) is 39.0 Å². The van der Waals surface area contributed by atoms with Crippen LogP contribution in [0.1, 0.15) is 32.4 Å². The average molecular weight is 271 g/mol. The monoisotopic (exact) mass is 271 g/mol. The minimum absolute atomic E-state index is 0.0311. The summed E-state index contributed by atoms with van der Waals surface area (Å²) in [7, 11) is -3.41. The molecule has 102 valence electrons. The van der Waals surface area contributed by atoms with E-state index < -0.39 is 16.1 Å². The van der Waals surface area contributed by atoms with Gasteiger partial charge in [0.2, 0.25) is 10.0 Å². The van der Waals surface area contributed by atoms with Gasteiger partial charge in [-0.15, -0.1) is 0 Å². The molecule has 0 saturated heterocycles. The number of aliphatic hydroxyl groups excluding tert-OH is 1. The molecular formula is C13H21NO3S. The molecule has 18 heavy (non-hydrogen) atoms. The molecule has 1 aromatic carbocycles. The molecule has 1 aromatic rings. The Balaban J connectivity index is 2.82. The van der Waals surface area contributed by atoms with Crippen LogP contribution in [0.3, 0.4) is 0 Å². The fourth-order valence-electron chi connectivity index (χ4n) is 1.72. The summed E-state index contributed by atoms with van der Waals surface area (Å²) in [5.41, 5.74) is 0.445. The number of hydrogen-bond acceptors (Lipinski definition) is 3. The lowest BCUT2D eigenvalue weighted by Crippen LogP contribution is -2.36. The van der Waals surface area contributed by atoms with Crippen LogP contribution >= 0.6 is 0 Å². The van der Waals surface area contributed by atoms with Crippen molar-refractivity contribution in [3.63, 3.8) is 0 Å². The average Bonchev–Trinajstić information content (AvgIpc) is 2.24. The smallest absolute Gasteiger partial charge is 0.212 e. The van der Waals surface area contributed by atoms with E-state index >= 15 is 0 Å². The summed E-state index contributed by atoms with van der Waals surface area (Å²) in [6, 6.07) is 8.48. The van der Waals surface area contributed by atoms with Gasteiger partial charge in [0.1, 0.15) is 0 Å². The third-order valence-electron chi connectivity index (χ3n) is 2.33. The van der Waals surface area contributed by atoms with Crippen LogP contribution in [0.4, 0.5) is 0 Å². The molecule has 0 aliphatic carbocycles. The van der Waals surface area contributed by atoms with Crippen molar-refractivity contribution in [3.05, 3.63) is 35.9 Å². The van der Waals surface area contributed by atoms with Crippen molar-refractivity contribution in [3.8, 4) is 0 Å². The van der Waals surface area contributed by atoms with Crippen LogP contribution in [0.5, 0.6) is 0 Å². The van der Waals surface area contributed by atoms with E-state index in [4.69, 9.17) is 0 Å². The maximum Gasteiger partial charge on any atom is 0.212 e. The number of sulfonamides is 1. The lowest BCUT2D eigenvalue weighted by atomic mass is 10.0. The van der Waals surface area contributed by atoms with Crippen LogP contribution in [0.15, 0.2) is 30.3 Å². The molecule has 1 rings (SSSR count). The standard InChI is InChI=1S/C13H21NO3S/c1-13(2,3)10-18(16,17)14-12(9-15)11-7-5-4-6-8-11/h4-8,12,14-15H,9-10H2,1-3H3/t12-/m1/s1. The van der Waals surface area contributed by atoms with Crippen LogP contribution in [0.2, 0.25) is 0 Å². The van der Waals surface area contributed by atoms with Gasteiger partial charge < -0.3 is 5.11 Å². The van der Waals surface area contributed by atoms with E-state index in [9.17, 15) is 13.5 Å². The topological polar surface area (TPSA) is 66.4 Å². The van der Waals surface area contributed by atoms with Gasteiger partial charge in [0.15, 0.2) is 0 Å². The third-order valence-corrected chi connectivity index (χ3v) is 4.22. The highest BCUT2D eigenvalue weighted by Crippen LogP contribution is 2.18. The van der Waals surface area contributed by atoms with Crippen LogP contribution in [0.25, 0.3) is 0 Å². The SMILES string of the molecule is CC(C)(C)CS(=O)(=O)N[C@H](CO)c1ccccc1. The lowest BCUT2D eigenvalue weighted by Gasteiger charge is -2.22. The molecule has 0 saturated carbocycles. The Kier molecular flexibility index (Phi) is 4.90. The summed E-state index contributed by atoms with van der Waals surface area (Å²) < 4.78 is 26.5. The number of nitrogens with one attached hydrogen (secondary N) is 1. The van der Waals surface area contributed by atoms with Crippen LogP contribution in [-0.4, -0.2) is 25.9 Å². The first-order chi connectivity index (χ1) is 8.23. The van der Waals surface area contributed by atoms with E-state index in [0.29, 0.717) is 0 Å². The molecule has 0 aromatic heterocycles. The summed E-state index contributed by atoms with van der Waals surface area (Å²) in [6.07, 6.45) is 0. The van der Waals surface area contributed by atoms with E-state index in [1.165, 1.54) is 0 Å². The molecule has 0 bridgehead atoms. The summed E-state index contributed by atoms with van der Waals surface area (Å²) in [6.45, 7) is 5.33. The molecular weight excluding hydrogens is 250 g/mol. The van der Waals surface area contributed by atoms with E-state index in [2.05, 4.69) is 4.72 Å². The molecule has 0 aliphatic rings. The Morgan fingerprint density at radius 2 is 1.78 bits per heavy atom. The maximum atomic E-state index is 12.0. The summed E-state index contributed by atoms with van der Waals surface area (Å²) in [5.74, 6) is 0.0311. The van der Waals surface area contributed by atoms with Gasteiger partial charge in [-0.25, -0.2) is 13.1 Å².